The highest BCUT2D eigenvalue weighted by Gasteiger charge is 2.24. The molecule has 19 nitrogen and oxygen atoms in total. The summed E-state index contributed by atoms with van der Waals surface area (Å²) in [5, 5.41) is 32.3. The third-order valence-electron chi connectivity index (χ3n) is 8.23. The molecule has 0 bridgehead atoms. The highest BCUT2D eigenvalue weighted by molar-refractivity contribution is 5.98. The lowest BCUT2D eigenvalue weighted by molar-refractivity contribution is -0.140. The quantitative estimate of drug-likeness (QED) is 0.0712. The molecule has 0 unspecified atom stereocenters. The van der Waals surface area contributed by atoms with Crippen LogP contribution in [0.15, 0.2) is 82.4 Å². The number of nitrogens with one attached hydrogen (secondary N) is 3. The molecule has 0 saturated heterocycles. The molecule has 306 valence electrons. The molecule has 8 N–H and O–H groups in total. The van der Waals surface area contributed by atoms with Gasteiger partial charge in [-0.1, -0.05) is 50.2 Å². The van der Waals surface area contributed by atoms with Gasteiger partial charge in [0.25, 0.3) is 11.5 Å². The molecule has 2 aromatic heterocycles. The van der Waals surface area contributed by atoms with Crippen molar-refractivity contribution in [2.75, 3.05) is 13.2 Å². The van der Waals surface area contributed by atoms with E-state index in [0.717, 1.165) is 18.1 Å². The normalized spacial score (nSPS) is 11.1. The molecule has 1 atom stereocenters. The molecule has 5 rings (SSSR count). The van der Waals surface area contributed by atoms with Crippen molar-refractivity contribution in [3.05, 3.63) is 110 Å². The number of phenols is 1. The van der Waals surface area contributed by atoms with Gasteiger partial charge >= 0.3 is 23.7 Å². The summed E-state index contributed by atoms with van der Waals surface area (Å²) in [6.45, 7) is 3.78. The van der Waals surface area contributed by atoms with Gasteiger partial charge in [0.15, 0.2) is 12.3 Å². The third kappa shape index (κ3) is 11.8. The number of amides is 3. The summed E-state index contributed by atoms with van der Waals surface area (Å²) in [7, 11) is 0. The summed E-state index contributed by atoms with van der Waals surface area (Å²) in [5.41, 5.74) is 6.48. The molecule has 58 heavy (non-hydrogen) atoms. The molecule has 19 heteroatoms. The van der Waals surface area contributed by atoms with Gasteiger partial charge in [0.2, 0.25) is 5.91 Å². The first-order chi connectivity index (χ1) is 27.7. The molecule has 0 aliphatic heterocycles. The molecule has 0 radical (unpaired) electrons. The summed E-state index contributed by atoms with van der Waals surface area (Å²) in [6, 6.07) is 17.8. The van der Waals surface area contributed by atoms with Crippen LogP contribution in [0.5, 0.6) is 11.5 Å². The van der Waals surface area contributed by atoms with Crippen molar-refractivity contribution in [3.8, 4) is 22.9 Å². The van der Waals surface area contributed by atoms with Crippen molar-refractivity contribution in [3.63, 3.8) is 0 Å². The second kappa shape index (κ2) is 20.5. The Bertz CT molecular complexity index is 2370. The maximum atomic E-state index is 12.7. The number of nitrogens with zero attached hydrogens (tertiary/aromatic N) is 3. The monoisotopic (exact) mass is 801 g/mol. The van der Waals surface area contributed by atoms with Gasteiger partial charge in [-0.15, -0.1) is 0 Å². The molecule has 0 aliphatic carbocycles. The summed E-state index contributed by atoms with van der Waals surface area (Å²) < 4.78 is 12.9. The predicted molar refractivity (Wildman–Crippen MR) is 208 cm³/mol. The lowest BCUT2D eigenvalue weighted by atomic mass is 9.99. The number of H-pyrrole nitrogens is 1. The first kappa shape index (κ1) is 43.3. The zero-order valence-electron chi connectivity index (χ0n) is 31.6. The fourth-order valence-electron chi connectivity index (χ4n) is 5.55. The minimum Gasteiger partial charge on any atom is -0.508 e. The minimum atomic E-state index is -1.40. The highest BCUT2D eigenvalue weighted by Crippen LogP contribution is 2.22. The number of nitrogens with two attached hydrogens (primary N) is 1. The number of carbonyl (C=O) groups excluding carboxylic acids is 3. The number of carbonyl (C=O) groups is 5. The predicted octanol–water partition coefficient (Wildman–Crippen LogP) is 2.37. The van der Waals surface area contributed by atoms with Crippen molar-refractivity contribution in [2.45, 2.75) is 58.8 Å². The number of hydrogen-bond acceptors (Lipinski definition) is 11. The largest absolute Gasteiger partial charge is 0.508 e. The van der Waals surface area contributed by atoms with Gasteiger partial charge in [0.1, 0.15) is 35.5 Å². The van der Waals surface area contributed by atoms with Crippen molar-refractivity contribution in [1.29, 1.82) is 0 Å². The number of rotatable bonds is 17. The van der Waals surface area contributed by atoms with Crippen LogP contribution in [-0.2, 0) is 45.2 Å². The number of aromatic hydroxyl groups is 1. The van der Waals surface area contributed by atoms with Crippen LogP contribution in [-0.4, -0.2) is 83.5 Å². The van der Waals surface area contributed by atoms with E-state index in [9.17, 15) is 43.8 Å². The number of primary amides is 1. The number of aromatic nitrogens is 4. The highest BCUT2D eigenvalue weighted by atomic mass is 16.5. The fourth-order valence-corrected chi connectivity index (χ4v) is 5.55. The van der Waals surface area contributed by atoms with Crippen LogP contribution in [0.1, 0.15) is 48.2 Å². The van der Waals surface area contributed by atoms with Gasteiger partial charge < -0.3 is 46.1 Å². The first-order valence-electron chi connectivity index (χ1n) is 18.0. The molecule has 3 amide bonds. The first-order valence-corrected chi connectivity index (χ1v) is 18.0. The lowest BCUT2D eigenvalue weighted by Gasteiger charge is -2.17. The maximum Gasteiger partial charge on any atom is 0.408 e. The number of hydrogen-bond donors (Lipinski definition) is 7. The average molecular weight is 802 g/mol. The molecule has 0 aliphatic rings. The van der Waals surface area contributed by atoms with E-state index in [1.807, 2.05) is 13.8 Å². The van der Waals surface area contributed by atoms with Crippen molar-refractivity contribution in [2.24, 2.45) is 5.73 Å². The van der Waals surface area contributed by atoms with Gasteiger partial charge in [0, 0.05) is 30.6 Å². The zero-order valence-corrected chi connectivity index (χ0v) is 31.6. The summed E-state index contributed by atoms with van der Waals surface area (Å²) in [4.78, 5) is 90.3. The van der Waals surface area contributed by atoms with E-state index in [1.54, 1.807) is 54.6 Å². The molecular formula is C39H43N7O12. The van der Waals surface area contributed by atoms with E-state index in [-0.39, 0.29) is 41.2 Å². The number of benzene rings is 3. The number of imidazole rings is 1. The van der Waals surface area contributed by atoms with Crippen LogP contribution in [0.3, 0.4) is 0 Å². The van der Waals surface area contributed by atoms with E-state index in [0.29, 0.717) is 47.8 Å². The van der Waals surface area contributed by atoms with Crippen LogP contribution >= 0.6 is 0 Å². The van der Waals surface area contributed by atoms with E-state index in [4.69, 9.17) is 20.3 Å². The summed E-state index contributed by atoms with van der Waals surface area (Å²) >= 11 is 0. The van der Waals surface area contributed by atoms with Crippen LogP contribution < -0.4 is 32.4 Å². The van der Waals surface area contributed by atoms with Gasteiger partial charge in [-0.25, -0.2) is 24.2 Å². The number of aliphatic carboxylic acids is 2. The maximum absolute atomic E-state index is 12.7. The van der Waals surface area contributed by atoms with E-state index < -0.39 is 49.0 Å². The molecule has 0 saturated carbocycles. The second-order valence-electron chi connectivity index (χ2n) is 12.7. The van der Waals surface area contributed by atoms with Crippen LogP contribution in [0, 0.1) is 0 Å². The number of aromatic amines is 1. The zero-order chi connectivity index (χ0) is 42.4. The Balaban J connectivity index is 0.000000257. The van der Waals surface area contributed by atoms with Crippen molar-refractivity contribution >= 4 is 41.0 Å². The number of phenolic OH excluding ortho intramolecular Hbond substituents is 1. The Morgan fingerprint density at radius 1 is 0.914 bits per heavy atom. The number of carboxylic acid groups (broad SMARTS) is 2. The molecule has 2 heterocycles. The number of fused-ring (bicyclic) bond motifs is 1. The molecule has 5 aromatic rings. The van der Waals surface area contributed by atoms with Crippen LogP contribution in [0.4, 0.5) is 4.79 Å². The topological polar surface area (TPSA) is 287 Å². The lowest BCUT2D eigenvalue weighted by Crippen LogP contribution is -2.43. The van der Waals surface area contributed by atoms with Crippen molar-refractivity contribution in [1.82, 2.24) is 29.7 Å². The van der Waals surface area contributed by atoms with E-state index >= 15 is 0 Å². The Kier molecular flexibility index (Phi) is 15.3. The smallest absolute Gasteiger partial charge is 0.408 e. The molecular weight excluding hydrogens is 758 g/mol. The van der Waals surface area contributed by atoms with Crippen LogP contribution in [0.2, 0.25) is 0 Å². The number of alkyl carbamates (subject to hydrolysis) is 1. The number of aryl methyl sites for hydroxylation is 1. The SMILES string of the molecule is CCCn1c(=O)c2[nH]c(-c3ccc(OCC(=O)O)cc3)nc2n(CCC)c1=O.NC(=O)CNC(=O)c1cc(O)ccc1C[C@H](NC(=O)OCc1ccccc1)C(=O)O. The summed E-state index contributed by atoms with van der Waals surface area (Å²) in [6.07, 6.45) is 0.197. The van der Waals surface area contributed by atoms with E-state index in [1.165, 1.54) is 21.3 Å². The summed E-state index contributed by atoms with van der Waals surface area (Å²) in [5.74, 6) is -3.26. The van der Waals surface area contributed by atoms with Gasteiger partial charge in [0.05, 0.1) is 6.54 Å². The van der Waals surface area contributed by atoms with Crippen LogP contribution in [0.25, 0.3) is 22.6 Å². The average Bonchev–Trinajstić information content (AvgIpc) is 3.65. The van der Waals surface area contributed by atoms with Gasteiger partial charge in [-0.2, -0.15) is 0 Å². The minimum absolute atomic E-state index is 0.0427. The third-order valence-corrected chi connectivity index (χ3v) is 8.23. The Morgan fingerprint density at radius 3 is 2.21 bits per heavy atom. The Labute approximate surface area is 330 Å². The fraction of sp³-hybridized carbons (Fsp3) is 0.282. The van der Waals surface area contributed by atoms with Gasteiger partial charge in [-0.05, 0) is 60.4 Å². The Morgan fingerprint density at radius 2 is 1.59 bits per heavy atom. The van der Waals surface area contributed by atoms with Gasteiger partial charge in [-0.3, -0.25) is 23.5 Å². The second-order valence-corrected chi connectivity index (χ2v) is 12.7. The number of carboxylic acids is 2. The standard InChI is InChI=1S/C20H21N3O7.C19H22N4O5/c21-17(25)10-22-18(26)15-9-14(24)7-6-13(15)8-16(19(27)28)23-20(29)30-11-12-4-2-1-3-5-12;1-3-9-22-17-15(18(26)23(10-4-2)19(22)27)20-16(21-17)12-5-7-13(8-6-12)28-11-14(24)25/h1-7,9,16,24H,8,10-11H2,(H2,21,25)(H,22,26)(H,23,29)(H,27,28);5-8H,3-4,9-11H2,1-2H3,(H,20,21)(H,24,25)/t16-;/m0./s1. The molecule has 3 aromatic carbocycles. The van der Waals surface area contributed by atoms with Crippen molar-refractivity contribution < 1.29 is 48.8 Å². The molecule has 0 fully saturated rings. The van der Waals surface area contributed by atoms with E-state index in [2.05, 4.69) is 20.6 Å². The molecule has 0 spiro atoms. The Hall–Kier alpha value is -7.44. The number of ether oxygens (including phenoxy) is 2.